The van der Waals surface area contributed by atoms with Crippen molar-refractivity contribution in [2.45, 2.75) is 20.8 Å². The standard InChI is InChI=1S/C23H30ClN3O6/c1-23(2,3)22(30)26-10-8-25(9-11-26)18-7-6-15(12-17(18)24)27-14-33-13-16(20(28)31-4)19(27)21(29)32-5/h6-7,12H,8-11,13-14H2,1-5H3. The molecule has 9 nitrogen and oxygen atoms in total. The third-order valence-corrected chi connectivity index (χ3v) is 5.93. The third-order valence-electron chi connectivity index (χ3n) is 5.63. The lowest BCUT2D eigenvalue weighted by atomic mass is 9.94. The Morgan fingerprint density at radius 2 is 1.64 bits per heavy atom. The van der Waals surface area contributed by atoms with Crippen molar-refractivity contribution in [3.05, 3.63) is 34.5 Å². The molecule has 1 aromatic rings. The second kappa shape index (κ2) is 10.0. The Balaban J connectivity index is 1.83. The van der Waals surface area contributed by atoms with Gasteiger partial charge in [0.1, 0.15) is 12.4 Å². The van der Waals surface area contributed by atoms with E-state index in [9.17, 15) is 14.4 Å². The lowest BCUT2D eigenvalue weighted by Gasteiger charge is -2.39. The highest BCUT2D eigenvalue weighted by Crippen LogP contribution is 2.34. The molecule has 0 N–H and O–H groups in total. The number of methoxy groups -OCH3 is 2. The van der Waals surface area contributed by atoms with E-state index in [4.69, 9.17) is 25.8 Å². The second-order valence-electron chi connectivity index (χ2n) is 8.88. The van der Waals surface area contributed by atoms with Crippen LogP contribution in [0.5, 0.6) is 0 Å². The Morgan fingerprint density at radius 3 is 2.18 bits per heavy atom. The van der Waals surface area contributed by atoms with Crippen LogP contribution in [-0.4, -0.2) is 76.5 Å². The molecule has 2 aliphatic rings. The van der Waals surface area contributed by atoms with Crippen LogP contribution in [0.2, 0.25) is 5.02 Å². The predicted octanol–water partition coefficient (Wildman–Crippen LogP) is 2.43. The lowest BCUT2D eigenvalue weighted by Crippen LogP contribution is -2.51. The van der Waals surface area contributed by atoms with Gasteiger partial charge in [-0.2, -0.15) is 0 Å². The molecule has 3 rings (SSSR count). The van der Waals surface area contributed by atoms with E-state index in [1.807, 2.05) is 31.7 Å². The SMILES string of the molecule is COC(=O)C1=C(C(=O)OC)N(c2ccc(N3CCN(C(=O)C(C)(C)C)CC3)c(Cl)c2)COC1. The van der Waals surface area contributed by atoms with E-state index in [0.29, 0.717) is 36.9 Å². The summed E-state index contributed by atoms with van der Waals surface area (Å²) in [6.45, 7) is 8.31. The number of hydrogen-bond donors (Lipinski definition) is 0. The molecule has 0 atom stereocenters. The molecule has 1 fully saturated rings. The number of carbonyl (C=O) groups is 3. The van der Waals surface area contributed by atoms with Crippen LogP contribution in [0.4, 0.5) is 11.4 Å². The van der Waals surface area contributed by atoms with Crippen LogP contribution in [-0.2, 0) is 28.6 Å². The third kappa shape index (κ3) is 5.25. The number of piperazine rings is 1. The van der Waals surface area contributed by atoms with Crippen LogP contribution in [0.25, 0.3) is 0 Å². The van der Waals surface area contributed by atoms with E-state index in [-0.39, 0.29) is 30.5 Å². The molecule has 0 aliphatic carbocycles. The molecule has 2 heterocycles. The van der Waals surface area contributed by atoms with Crippen molar-refractivity contribution in [1.29, 1.82) is 0 Å². The molecule has 33 heavy (non-hydrogen) atoms. The number of anilines is 2. The molecule has 0 saturated carbocycles. The highest BCUT2D eigenvalue weighted by Gasteiger charge is 2.33. The van der Waals surface area contributed by atoms with Crippen molar-refractivity contribution in [3.63, 3.8) is 0 Å². The first-order chi connectivity index (χ1) is 15.6. The fourth-order valence-corrected chi connectivity index (χ4v) is 4.19. The van der Waals surface area contributed by atoms with Crippen LogP contribution in [0, 0.1) is 5.41 Å². The molecule has 1 amide bonds. The Morgan fingerprint density at radius 1 is 1.00 bits per heavy atom. The topological polar surface area (TPSA) is 88.6 Å². The van der Waals surface area contributed by atoms with Crippen molar-refractivity contribution >= 4 is 40.8 Å². The summed E-state index contributed by atoms with van der Waals surface area (Å²) in [4.78, 5) is 42.8. The van der Waals surface area contributed by atoms with Gasteiger partial charge in [0.2, 0.25) is 5.91 Å². The number of amides is 1. The average molecular weight is 480 g/mol. The van der Waals surface area contributed by atoms with Gasteiger partial charge in [-0.15, -0.1) is 0 Å². The maximum absolute atomic E-state index is 12.5. The van der Waals surface area contributed by atoms with Crippen molar-refractivity contribution in [3.8, 4) is 0 Å². The quantitative estimate of drug-likeness (QED) is 0.608. The van der Waals surface area contributed by atoms with E-state index in [2.05, 4.69) is 4.90 Å². The van der Waals surface area contributed by atoms with Gasteiger partial charge in [-0.1, -0.05) is 32.4 Å². The molecule has 1 aromatic carbocycles. The minimum atomic E-state index is -0.668. The lowest BCUT2D eigenvalue weighted by molar-refractivity contribution is -0.140. The summed E-state index contributed by atoms with van der Waals surface area (Å²) in [7, 11) is 2.49. The summed E-state index contributed by atoms with van der Waals surface area (Å²) in [5, 5.41) is 0.484. The first-order valence-corrected chi connectivity index (χ1v) is 11.0. The van der Waals surface area contributed by atoms with E-state index >= 15 is 0 Å². The highest BCUT2D eigenvalue weighted by molar-refractivity contribution is 6.33. The summed E-state index contributed by atoms with van der Waals surface area (Å²) >= 11 is 6.63. The van der Waals surface area contributed by atoms with Gasteiger partial charge in [0, 0.05) is 37.3 Å². The van der Waals surface area contributed by atoms with Crippen LogP contribution in [0.1, 0.15) is 20.8 Å². The Hall–Kier alpha value is -2.78. The minimum absolute atomic E-state index is 0.0498. The van der Waals surface area contributed by atoms with Crippen molar-refractivity contribution in [2.75, 3.05) is 63.5 Å². The van der Waals surface area contributed by atoms with E-state index < -0.39 is 17.4 Å². The molecule has 0 unspecified atom stereocenters. The highest BCUT2D eigenvalue weighted by atomic mass is 35.5. The molecule has 0 bridgehead atoms. The van der Waals surface area contributed by atoms with Crippen LogP contribution in [0.3, 0.4) is 0 Å². The van der Waals surface area contributed by atoms with Gasteiger partial charge in [-0.05, 0) is 18.2 Å². The Labute approximate surface area is 198 Å². The fraction of sp³-hybridized carbons (Fsp3) is 0.522. The van der Waals surface area contributed by atoms with Gasteiger partial charge in [0.15, 0.2) is 0 Å². The molecule has 1 saturated heterocycles. The van der Waals surface area contributed by atoms with Gasteiger partial charge in [0.05, 0.1) is 37.1 Å². The second-order valence-corrected chi connectivity index (χ2v) is 9.29. The van der Waals surface area contributed by atoms with Crippen LogP contribution >= 0.6 is 11.6 Å². The minimum Gasteiger partial charge on any atom is -0.466 e. The fourth-order valence-electron chi connectivity index (χ4n) is 3.89. The number of carbonyl (C=O) groups excluding carboxylic acids is 3. The summed E-state index contributed by atoms with van der Waals surface area (Å²) in [6.07, 6.45) is 0. The number of nitrogens with zero attached hydrogens (tertiary/aromatic N) is 3. The number of rotatable bonds is 4. The Bertz CT molecular complexity index is 963. The molecule has 0 aromatic heterocycles. The monoisotopic (exact) mass is 479 g/mol. The zero-order valence-corrected chi connectivity index (χ0v) is 20.4. The molecule has 0 radical (unpaired) electrons. The largest absolute Gasteiger partial charge is 0.466 e. The van der Waals surface area contributed by atoms with Gasteiger partial charge in [-0.25, -0.2) is 9.59 Å². The maximum Gasteiger partial charge on any atom is 0.355 e. The number of hydrogen-bond acceptors (Lipinski definition) is 8. The van der Waals surface area contributed by atoms with Crippen LogP contribution < -0.4 is 9.80 Å². The molecule has 2 aliphatic heterocycles. The summed E-state index contributed by atoms with van der Waals surface area (Å²) in [5.74, 6) is -1.19. The molecular formula is C23H30ClN3O6. The van der Waals surface area contributed by atoms with Gasteiger partial charge in [0.25, 0.3) is 0 Å². The van der Waals surface area contributed by atoms with Gasteiger partial charge in [-0.3, -0.25) is 4.79 Å². The maximum atomic E-state index is 12.5. The Kier molecular flexibility index (Phi) is 7.54. The summed E-state index contributed by atoms with van der Waals surface area (Å²) in [5.41, 5.74) is 1.14. The first-order valence-electron chi connectivity index (χ1n) is 10.7. The first kappa shape index (κ1) is 24.9. The van der Waals surface area contributed by atoms with Gasteiger partial charge >= 0.3 is 11.9 Å². The van der Waals surface area contributed by atoms with E-state index in [1.165, 1.54) is 19.1 Å². The molecular weight excluding hydrogens is 450 g/mol. The molecule has 0 spiro atoms. The molecule has 10 heteroatoms. The summed E-state index contributed by atoms with van der Waals surface area (Å²) in [6, 6.07) is 5.39. The normalized spacial score (nSPS) is 17.2. The van der Waals surface area contributed by atoms with Crippen molar-refractivity contribution in [2.24, 2.45) is 5.41 Å². The van der Waals surface area contributed by atoms with E-state index in [1.54, 1.807) is 12.1 Å². The summed E-state index contributed by atoms with van der Waals surface area (Å²) < 4.78 is 15.2. The van der Waals surface area contributed by atoms with Gasteiger partial charge < -0.3 is 28.9 Å². The van der Waals surface area contributed by atoms with Crippen molar-refractivity contribution < 1.29 is 28.6 Å². The molecule has 180 valence electrons. The number of benzene rings is 1. The number of ether oxygens (including phenoxy) is 3. The number of halogens is 1. The smallest absolute Gasteiger partial charge is 0.355 e. The zero-order valence-electron chi connectivity index (χ0n) is 19.6. The van der Waals surface area contributed by atoms with Crippen LogP contribution in [0.15, 0.2) is 29.5 Å². The zero-order chi connectivity index (χ0) is 24.3. The predicted molar refractivity (Wildman–Crippen MR) is 124 cm³/mol. The number of esters is 2. The average Bonchev–Trinajstić information content (AvgIpc) is 2.81. The van der Waals surface area contributed by atoms with E-state index in [0.717, 1.165) is 5.69 Å². The van der Waals surface area contributed by atoms with Crippen molar-refractivity contribution in [1.82, 2.24) is 4.90 Å².